The smallest absolute Gasteiger partial charge is 0.229 e. The molecule has 1 aliphatic carbocycles. The van der Waals surface area contributed by atoms with Gasteiger partial charge in [-0.3, -0.25) is 9.69 Å². The minimum atomic E-state index is 0.0882. The number of hydrogen-bond acceptors (Lipinski definition) is 3. The van der Waals surface area contributed by atoms with Crippen molar-refractivity contribution in [3.63, 3.8) is 0 Å². The Hall–Kier alpha value is -1.17. The Balaban J connectivity index is 1.55. The van der Waals surface area contributed by atoms with Crippen LogP contribution in [-0.2, 0) is 14.9 Å². The highest BCUT2D eigenvalue weighted by molar-refractivity contribution is 9.10. The molecule has 4 fully saturated rings. The molecule has 1 spiro atoms. The van der Waals surface area contributed by atoms with E-state index in [1.807, 2.05) is 0 Å². The quantitative estimate of drug-likeness (QED) is 0.614. The van der Waals surface area contributed by atoms with Crippen LogP contribution in [0.15, 0.2) is 34.3 Å². The topological polar surface area (TPSA) is 32.8 Å². The number of piperidine rings is 2. The third-order valence-corrected chi connectivity index (χ3v) is 8.77. The average Bonchev–Trinajstić information content (AvgIpc) is 3.08. The molecule has 0 N–H and O–H groups in total. The van der Waals surface area contributed by atoms with Crippen molar-refractivity contribution in [3.05, 3.63) is 39.9 Å². The van der Waals surface area contributed by atoms with Crippen LogP contribution in [0.25, 0.3) is 0 Å². The van der Waals surface area contributed by atoms with Crippen LogP contribution in [0.1, 0.15) is 24.8 Å². The maximum Gasteiger partial charge on any atom is 0.229 e. The molecule has 26 heavy (non-hydrogen) atoms. The minimum Gasteiger partial charge on any atom is -0.373 e. The molecule has 5 aliphatic heterocycles. The van der Waals surface area contributed by atoms with Gasteiger partial charge in [0.15, 0.2) is 0 Å². The summed E-state index contributed by atoms with van der Waals surface area (Å²) >= 11 is 3.64. The molecule has 1 amide bonds. The predicted molar refractivity (Wildman–Crippen MR) is 101 cm³/mol. The van der Waals surface area contributed by atoms with E-state index in [0.717, 1.165) is 23.2 Å². The molecule has 0 radical (unpaired) electrons. The second-order valence-electron chi connectivity index (χ2n) is 8.92. The Bertz CT molecular complexity index is 898. The first-order chi connectivity index (χ1) is 12.7. The van der Waals surface area contributed by atoms with E-state index in [-0.39, 0.29) is 23.5 Å². The minimum absolute atomic E-state index is 0.0882. The Morgan fingerprint density at radius 1 is 1.31 bits per heavy atom. The fourth-order valence-electron chi connectivity index (χ4n) is 7.53. The fraction of sp³-hybridized carbons (Fsp3) is 0.571. The van der Waals surface area contributed by atoms with Crippen LogP contribution in [0.5, 0.6) is 0 Å². The van der Waals surface area contributed by atoms with Crippen LogP contribution in [0.2, 0.25) is 0 Å². The Kier molecular flexibility index (Phi) is 2.64. The number of carbonyl (C=O) groups excluding carboxylic acids is 1. The van der Waals surface area contributed by atoms with Crippen LogP contribution < -0.4 is 4.90 Å². The number of anilines is 1. The first kappa shape index (κ1) is 14.8. The first-order valence-electron chi connectivity index (χ1n) is 9.85. The Morgan fingerprint density at radius 3 is 3.15 bits per heavy atom. The van der Waals surface area contributed by atoms with Gasteiger partial charge in [-0.1, -0.05) is 33.6 Å². The van der Waals surface area contributed by atoms with Crippen LogP contribution in [-0.4, -0.2) is 48.7 Å². The number of amides is 1. The van der Waals surface area contributed by atoms with Gasteiger partial charge in [-0.05, 0) is 43.0 Å². The van der Waals surface area contributed by atoms with Crippen molar-refractivity contribution >= 4 is 27.5 Å². The SMILES string of the molecule is O=C1C[C@@H]2OCC=C3CN4CC[C@]56c7ccc(Br)cc7N1[C@H]5[C@H]2[C@H]3C[C@H]46. The lowest BCUT2D eigenvalue weighted by Crippen LogP contribution is -2.69. The summed E-state index contributed by atoms with van der Waals surface area (Å²) in [6.07, 6.45) is 5.37. The first-order valence-corrected chi connectivity index (χ1v) is 10.6. The summed E-state index contributed by atoms with van der Waals surface area (Å²) in [5.74, 6) is 1.30. The van der Waals surface area contributed by atoms with E-state index in [4.69, 9.17) is 4.74 Å². The fourth-order valence-corrected chi connectivity index (χ4v) is 7.88. The number of nitrogens with zero attached hydrogens (tertiary/aromatic N) is 2. The number of hydrogen-bond donors (Lipinski definition) is 0. The zero-order valence-electron chi connectivity index (χ0n) is 14.5. The molecule has 0 unspecified atom stereocenters. The van der Waals surface area contributed by atoms with Crippen LogP contribution in [0.3, 0.4) is 0 Å². The van der Waals surface area contributed by atoms with Crippen molar-refractivity contribution in [1.29, 1.82) is 0 Å². The van der Waals surface area contributed by atoms with Gasteiger partial charge in [0, 0.05) is 34.1 Å². The van der Waals surface area contributed by atoms with Gasteiger partial charge < -0.3 is 9.64 Å². The zero-order chi connectivity index (χ0) is 17.2. The van der Waals surface area contributed by atoms with Gasteiger partial charge in [0.2, 0.25) is 5.91 Å². The lowest BCUT2D eigenvalue weighted by Gasteiger charge is -2.58. The van der Waals surface area contributed by atoms with Crippen LogP contribution in [0.4, 0.5) is 5.69 Å². The van der Waals surface area contributed by atoms with Crippen molar-refractivity contribution in [1.82, 2.24) is 4.90 Å². The van der Waals surface area contributed by atoms with E-state index in [9.17, 15) is 4.79 Å². The molecule has 134 valence electrons. The van der Waals surface area contributed by atoms with E-state index in [1.165, 1.54) is 18.4 Å². The Labute approximate surface area is 161 Å². The van der Waals surface area contributed by atoms with E-state index in [1.54, 1.807) is 5.57 Å². The number of fused-ring (bicyclic) bond motifs is 2. The predicted octanol–water partition coefficient (Wildman–Crippen LogP) is 2.86. The standard InChI is InChI=1S/C21H21BrN2O2/c22-12-1-2-14-15(7-12)24-18(25)9-16-19-13-8-17-21(14,20(19)24)4-5-23(17)10-11(13)3-6-26-16/h1-3,7,13,16-17,19-20H,4-6,8-10H2/t13-,16-,17-,19-,20-,21+/m0/s1. The maximum absolute atomic E-state index is 13.3. The van der Waals surface area contributed by atoms with E-state index in [2.05, 4.69) is 50.0 Å². The van der Waals surface area contributed by atoms with Crippen LogP contribution in [0, 0.1) is 11.8 Å². The van der Waals surface area contributed by atoms with Gasteiger partial charge >= 0.3 is 0 Å². The van der Waals surface area contributed by atoms with Crippen molar-refractivity contribution in [2.75, 3.05) is 24.6 Å². The van der Waals surface area contributed by atoms with Crippen molar-refractivity contribution in [2.45, 2.75) is 42.9 Å². The lowest BCUT2D eigenvalue weighted by atomic mass is 9.53. The molecule has 6 aliphatic rings. The monoisotopic (exact) mass is 412 g/mol. The molecule has 2 bridgehead atoms. The van der Waals surface area contributed by atoms with Gasteiger partial charge in [0.05, 0.1) is 25.2 Å². The second-order valence-corrected chi connectivity index (χ2v) is 9.84. The summed E-state index contributed by atoms with van der Waals surface area (Å²) < 4.78 is 7.33. The molecule has 3 saturated heterocycles. The third-order valence-electron chi connectivity index (χ3n) is 8.27. The number of benzene rings is 1. The van der Waals surface area contributed by atoms with Gasteiger partial charge in [0.1, 0.15) is 0 Å². The highest BCUT2D eigenvalue weighted by Crippen LogP contribution is 2.65. The molecule has 5 heteroatoms. The van der Waals surface area contributed by atoms with Crippen molar-refractivity contribution < 1.29 is 9.53 Å². The lowest BCUT2D eigenvalue weighted by molar-refractivity contribution is -0.132. The molecule has 1 saturated carbocycles. The van der Waals surface area contributed by atoms with E-state index < -0.39 is 0 Å². The summed E-state index contributed by atoms with van der Waals surface area (Å²) in [6.45, 7) is 2.94. The summed E-state index contributed by atoms with van der Waals surface area (Å²) in [6, 6.07) is 7.49. The molecule has 7 rings (SSSR count). The zero-order valence-corrected chi connectivity index (χ0v) is 16.1. The molecule has 1 aromatic rings. The molecule has 6 atom stereocenters. The largest absolute Gasteiger partial charge is 0.373 e. The average molecular weight is 413 g/mol. The molecule has 5 heterocycles. The molecule has 0 aromatic heterocycles. The van der Waals surface area contributed by atoms with E-state index >= 15 is 0 Å². The number of halogens is 1. The van der Waals surface area contributed by atoms with Gasteiger partial charge in [-0.25, -0.2) is 0 Å². The Morgan fingerprint density at radius 2 is 2.23 bits per heavy atom. The molecule has 1 aromatic carbocycles. The second kappa shape index (κ2) is 4.62. The highest BCUT2D eigenvalue weighted by atomic mass is 79.9. The maximum atomic E-state index is 13.3. The molecular weight excluding hydrogens is 392 g/mol. The van der Waals surface area contributed by atoms with Crippen molar-refractivity contribution in [2.24, 2.45) is 11.8 Å². The van der Waals surface area contributed by atoms with E-state index in [0.29, 0.717) is 30.9 Å². The summed E-state index contributed by atoms with van der Waals surface area (Å²) in [5.41, 5.74) is 4.26. The summed E-state index contributed by atoms with van der Waals surface area (Å²) in [5, 5.41) is 0. The van der Waals surface area contributed by atoms with Gasteiger partial charge in [0.25, 0.3) is 0 Å². The number of carbonyl (C=O) groups is 1. The van der Waals surface area contributed by atoms with Crippen molar-refractivity contribution in [3.8, 4) is 0 Å². The normalized spacial score (nSPS) is 44.7. The van der Waals surface area contributed by atoms with Crippen LogP contribution >= 0.6 is 15.9 Å². The summed E-state index contributed by atoms with van der Waals surface area (Å²) in [4.78, 5) is 18.2. The molecular formula is C21H21BrN2O2. The molecule has 4 nitrogen and oxygen atoms in total. The van der Waals surface area contributed by atoms with Gasteiger partial charge in [-0.15, -0.1) is 0 Å². The summed E-state index contributed by atoms with van der Waals surface area (Å²) in [7, 11) is 0. The van der Waals surface area contributed by atoms with Gasteiger partial charge in [-0.2, -0.15) is 0 Å². The third kappa shape index (κ3) is 1.48. The highest BCUT2D eigenvalue weighted by Gasteiger charge is 2.70. The number of ether oxygens (including phenoxy) is 1. The number of rotatable bonds is 0.